The minimum absolute atomic E-state index is 0.235. The molecule has 0 N–H and O–H groups in total. The van der Waals surface area contributed by atoms with E-state index in [0.717, 1.165) is 49.1 Å². The highest BCUT2D eigenvalue weighted by molar-refractivity contribution is 7.09. The summed E-state index contributed by atoms with van der Waals surface area (Å²) in [7, 11) is 0. The van der Waals surface area contributed by atoms with Crippen LogP contribution in [0.4, 0.5) is 9.52 Å². The van der Waals surface area contributed by atoms with Crippen molar-refractivity contribution in [3.8, 4) is 0 Å². The molecular formula is C22H31FN4OS. The Morgan fingerprint density at radius 1 is 1.17 bits per heavy atom. The minimum Gasteiger partial charge on any atom is -0.343 e. The van der Waals surface area contributed by atoms with E-state index in [1.54, 1.807) is 12.1 Å². The molecule has 0 unspecified atom stereocenters. The largest absolute Gasteiger partial charge is 0.343 e. The summed E-state index contributed by atoms with van der Waals surface area (Å²) in [6.45, 7) is 11.9. The Bertz CT molecular complexity index is 807. The van der Waals surface area contributed by atoms with Crippen molar-refractivity contribution in [3.05, 3.63) is 41.5 Å². The first-order chi connectivity index (χ1) is 13.7. The number of rotatable bonds is 6. The van der Waals surface area contributed by atoms with Crippen LogP contribution in [-0.4, -0.2) is 46.3 Å². The number of halogens is 1. The van der Waals surface area contributed by atoms with Crippen LogP contribution in [0.25, 0.3) is 0 Å². The summed E-state index contributed by atoms with van der Waals surface area (Å²) in [6, 6.07) is 6.45. The molecule has 1 amide bonds. The fraction of sp³-hybridized carbons (Fsp3) is 0.591. The molecule has 5 nitrogen and oxygen atoms in total. The fourth-order valence-electron chi connectivity index (χ4n) is 3.92. The predicted octanol–water partition coefficient (Wildman–Crippen LogP) is 4.38. The molecule has 1 aromatic carbocycles. The van der Waals surface area contributed by atoms with Gasteiger partial charge < -0.3 is 9.80 Å². The summed E-state index contributed by atoms with van der Waals surface area (Å²) in [6.07, 6.45) is 2.28. The van der Waals surface area contributed by atoms with Gasteiger partial charge in [-0.25, -0.2) is 9.37 Å². The van der Waals surface area contributed by atoms with Gasteiger partial charge in [0.25, 0.3) is 0 Å². The van der Waals surface area contributed by atoms with Gasteiger partial charge in [0, 0.05) is 50.6 Å². The van der Waals surface area contributed by atoms with Gasteiger partial charge in [0.05, 0.1) is 0 Å². The van der Waals surface area contributed by atoms with Gasteiger partial charge in [-0.05, 0) is 35.4 Å². The van der Waals surface area contributed by atoms with E-state index in [0.29, 0.717) is 18.8 Å². The molecule has 0 aliphatic carbocycles. The molecular weight excluding hydrogens is 387 g/mol. The van der Waals surface area contributed by atoms with Crippen LogP contribution < -0.4 is 4.90 Å². The van der Waals surface area contributed by atoms with Crippen molar-refractivity contribution in [1.29, 1.82) is 0 Å². The lowest BCUT2D eigenvalue weighted by molar-refractivity contribution is -0.132. The minimum atomic E-state index is -0.235. The molecule has 2 aromatic rings. The number of amides is 1. The number of piperazine rings is 1. The van der Waals surface area contributed by atoms with Gasteiger partial charge in [0.15, 0.2) is 0 Å². The zero-order valence-electron chi connectivity index (χ0n) is 17.8. The molecule has 2 heterocycles. The Morgan fingerprint density at radius 3 is 2.45 bits per heavy atom. The third-order valence-electron chi connectivity index (χ3n) is 5.12. The molecule has 1 saturated heterocycles. The summed E-state index contributed by atoms with van der Waals surface area (Å²) >= 11 is 1.39. The second-order valence-corrected chi connectivity index (χ2v) is 9.97. The third-order valence-corrected chi connectivity index (χ3v) is 5.93. The van der Waals surface area contributed by atoms with Gasteiger partial charge in [-0.2, -0.15) is 4.37 Å². The van der Waals surface area contributed by atoms with E-state index < -0.39 is 0 Å². The van der Waals surface area contributed by atoms with Gasteiger partial charge in [-0.1, -0.05) is 39.8 Å². The molecule has 1 aliphatic heterocycles. The predicted molar refractivity (Wildman–Crippen MR) is 116 cm³/mol. The number of anilines is 1. The molecule has 158 valence electrons. The van der Waals surface area contributed by atoms with Gasteiger partial charge in [-0.3, -0.25) is 4.79 Å². The molecule has 7 heteroatoms. The molecule has 29 heavy (non-hydrogen) atoms. The Balaban J connectivity index is 1.48. The van der Waals surface area contributed by atoms with E-state index in [2.05, 4.69) is 42.0 Å². The molecule has 1 aromatic heterocycles. The normalized spacial score (nSPS) is 16.2. The summed E-state index contributed by atoms with van der Waals surface area (Å²) in [5.41, 5.74) is 1.25. The van der Waals surface area contributed by atoms with Crippen LogP contribution in [0.5, 0.6) is 0 Å². The van der Waals surface area contributed by atoms with Crippen molar-refractivity contribution in [1.82, 2.24) is 14.3 Å². The van der Waals surface area contributed by atoms with E-state index in [4.69, 9.17) is 0 Å². The number of nitrogens with zero attached hydrogens (tertiary/aromatic N) is 4. The van der Waals surface area contributed by atoms with Gasteiger partial charge in [0.2, 0.25) is 11.0 Å². The third kappa shape index (κ3) is 6.49. The molecule has 0 saturated carbocycles. The van der Waals surface area contributed by atoms with Crippen molar-refractivity contribution in [2.24, 2.45) is 11.3 Å². The molecule has 1 aliphatic rings. The Labute approximate surface area is 177 Å². The van der Waals surface area contributed by atoms with Crippen LogP contribution in [0, 0.1) is 17.2 Å². The first kappa shape index (κ1) is 21.7. The highest BCUT2D eigenvalue weighted by Crippen LogP contribution is 2.27. The van der Waals surface area contributed by atoms with E-state index in [9.17, 15) is 9.18 Å². The quantitative estimate of drug-likeness (QED) is 0.699. The van der Waals surface area contributed by atoms with Crippen LogP contribution in [0.2, 0.25) is 0 Å². The molecule has 1 atom stereocenters. The Hall–Kier alpha value is -2.02. The molecule has 0 bridgehead atoms. The summed E-state index contributed by atoms with van der Waals surface area (Å²) < 4.78 is 17.5. The van der Waals surface area contributed by atoms with Gasteiger partial charge in [0.1, 0.15) is 11.6 Å². The average Bonchev–Trinajstić information content (AvgIpc) is 3.10. The second-order valence-electron chi connectivity index (χ2n) is 9.24. The van der Waals surface area contributed by atoms with Gasteiger partial charge in [-0.15, -0.1) is 0 Å². The number of benzene rings is 1. The lowest BCUT2D eigenvalue weighted by Gasteiger charge is -2.35. The van der Waals surface area contributed by atoms with Crippen LogP contribution >= 0.6 is 11.5 Å². The zero-order chi connectivity index (χ0) is 21.0. The van der Waals surface area contributed by atoms with Crippen molar-refractivity contribution in [2.75, 3.05) is 31.1 Å². The lowest BCUT2D eigenvalue weighted by atomic mass is 9.84. The zero-order valence-corrected chi connectivity index (χ0v) is 18.6. The van der Waals surface area contributed by atoms with Crippen molar-refractivity contribution < 1.29 is 9.18 Å². The number of aromatic nitrogens is 2. The first-order valence-corrected chi connectivity index (χ1v) is 11.1. The summed E-state index contributed by atoms with van der Waals surface area (Å²) in [4.78, 5) is 21.5. The Morgan fingerprint density at radius 2 is 1.83 bits per heavy atom. The maximum Gasteiger partial charge on any atom is 0.222 e. The number of carbonyl (C=O) groups is 1. The highest BCUT2D eigenvalue weighted by Gasteiger charge is 2.25. The van der Waals surface area contributed by atoms with E-state index in [1.165, 1.54) is 23.7 Å². The monoisotopic (exact) mass is 418 g/mol. The first-order valence-electron chi connectivity index (χ1n) is 10.3. The van der Waals surface area contributed by atoms with Crippen molar-refractivity contribution in [3.63, 3.8) is 0 Å². The molecule has 3 rings (SSSR count). The smallest absolute Gasteiger partial charge is 0.222 e. The molecule has 0 spiro atoms. The topological polar surface area (TPSA) is 49.3 Å². The number of hydrogen-bond acceptors (Lipinski definition) is 5. The second kappa shape index (κ2) is 9.20. The lowest BCUT2D eigenvalue weighted by Crippen LogP contribution is -2.49. The van der Waals surface area contributed by atoms with E-state index >= 15 is 0 Å². The van der Waals surface area contributed by atoms with Crippen molar-refractivity contribution in [2.45, 2.75) is 47.0 Å². The molecule has 0 radical (unpaired) electrons. The molecule has 1 fully saturated rings. The van der Waals surface area contributed by atoms with Crippen LogP contribution in [0.1, 0.15) is 51.9 Å². The Kier molecular flexibility index (Phi) is 6.88. The van der Waals surface area contributed by atoms with Gasteiger partial charge >= 0.3 is 0 Å². The van der Waals surface area contributed by atoms with Crippen LogP contribution in [0.15, 0.2) is 24.3 Å². The van der Waals surface area contributed by atoms with Crippen LogP contribution in [-0.2, 0) is 11.2 Å². The average molecular weight is 419 g/mol. The van der Waals surface area contributed by atoms with Crippen molar-refractivity contribution >= 4 is 22.6 Å². The maximum atomic E-state index is 13.0. The SMILES string of the molecule is C[C@@H](CC(=O)N1CCN(c2nc(Cc3ccc(F)cc3)ns2)CC1)CC(C)(C)C. The van der Waals surface area contributed by atoms with Crippen LogP contribution in [0.3, 0.4) is 0 Å². The standard InChI is InChI=1S/C22H31FN4OS/c1-16(15-22(2,3)4)13-20(28)26-9-11-27(12-10-26)21-24-19(25-29-21)14-17-5-7-18(23)8-6-17/h5-8,16H,9-15H2,1-4H3/t16-/m0/s1. The van der Waals surface area contributed by atoms with E-state index in [1.807, 2.05) is 4.90 Å². The van der Waals surface area contributed by atoms with E-state index in [-0.39, 0.29) is 17.1 Å². The summed E-state index contributed by atoms with van der Waals surface area (Å²) in [5, 5.41) is 0.898. The highest BCUT2D eigenvalue weighted by atomic mass is 32.1. The summed E-state index contributed by atoms with van der Waals surface area (Å²) in [5.74, 6) is 1.18. The number of carbonyl (C=O) groups excluding carboxylic acids is 1. The maximum absolute atomic E-state index is 13.0. The fourth-order valence-corrected chi connectivity index (χ4v) is 4.66. The number of hydrogen-bond donors (Lipinski definition) is 0.